The van der Waals surface area contributed by atoms with Crippen LogP contribution >= 0.6 is 12.6 Å². The molecule has 0 aromatic carbocycles. The smallest absolute Gasteiger partial charge is 0.205 e. The van der Waals surface area contributed by atoms with Gasteiger partial charge < -0.3 is 5.32 Å². The first-order chi connectivity index (χ1) is 6.35. The van der Waals surface area contributed by atoms with Crippen molar-refractivity contribution in [1.29, 1.82) is 5.26 Å². The van der Waals surface area contributed by atoms with Crippen LogP contribution in [0.3, 0.4) is 0 Å². The van der Waals surface area contributed by atoms with E-state index in [4.69, 9.17) is 5.26 Å². The summed E-state index contributed by atoms with van der Waals surface area (Å²) in [5.74, 6) is 6.63. The molecule has 4 nitrogen and oxygen atoms in total. The van der Waals surface area contributed by atoms with Gasteiger partial charge in [-0.2, -0.15) is 17.9 Å². The molecule has 0 aromatic heterocycles. The summed E-state index contributed by atoms with van der Waals surface area (Å²) in [6, 6.07) is 0. The molecule has 0 saturated carbocycles. The first-order valence-electron chi connectivity index (χ1n) is 3.79. The fraction of sp³-hybridized carbons (Fsp3) is 0.500. The number of hydrogen-bond acceptors (Lipinski definition) is 3. The minimum atomic E-state index is 0.444. The summed E-state index contributed by atoms with van der Waals surface area (Å²) >= 11 is 4.00. The number of nitrogens with one attached hydrogen (secondary N) is 2. The lowest BCUT2D eigenvalue weighted by atomic mass is 10.6. The standard InChI is InChI=1S/C8H12N4S/c1-2-3-4-10-8(12-7-9)11-5-6-13/h13H,4-6H2,1H3,(H2,10,11,12). The maximum atomic E-state index is 8.36. The fourth-order valence-electron chi connectivity index (χ4n) is 0.571. The van der Waals surface area contributed by atoms with E-state index in [1.165, 1.54) is 0 Å². The number of aliphatic imine (C=N–C) groups is 1. The van der Waals surface area contributed by atoms with Crippen molar-refractivity contribution < 1.29 is 0 Å². The molecular weight excluding hydrogens is 184 g/mol. The summed E-state index contributed by atoms with van der Waals surface area (Å²) in [5, 5.41) is 13.6. The van der Waals surface area contributed by atoms with Gasteiger partial charge in [0.25, 0.3) is 0 Å². The Kier molecular flexibility index (Phi) is 7.87. The normalized spacial score (nSPS) is 9.46. The van der Waals surface area contributed by atoms with Crippen molar-refractivity contribution in [2.45, 2.75) is 6.92 Å². The molecule has 13 heavy (non-hydrogen) atoms. The average molecular weight is 196 g/mol. The molecular formula is C8H12N4S. The zero-order valence-corrected chi connectivity index (χ0v) is 8.36. The van der Waals surface area contributed by atoms with Crippen LogP contribution in [0.2, 0.25) is 0 Å². The van der Waals surface area contributed by atoms with Crippen LogP contribution in [-0.4, -0.2) is 24.8 Å². The van der Waals surface area contributed by atoms with Crippen LogP contribution < -0.4 is 10.6 Å². The Balaban J connectivity index is 3.92. The predicted octanol–water partition coefficient (Wildman–Crippen LogP) is -0.0442. The lowest BCUT2D eigenvalue weighted by molar-refractivity contribution is 0.967. The van der Waals surface area contributed by atoms with Gasteiger partial charge in [-0.05, 0) is 6.92 Å². The van der Waals surface area contributed by atoms with Gasteiger partial charge in [0.1, 0.15) is 0 Å². The van der Waals surface area contributed by atoms with Crippen LogP contribution in [-0.2, 0) is 0 Å². The van der Waals surface area contributed by atoms with Crippen molar-refractivity contribution in [2.75, 3.05) is 18.8 Å². The lowest BCUT2D eigenvalue weighted by Crippen LogP contribution is -2.34. The topological polar surface area (TPSA) is 60.2 Å². The summed E-state index contributed by atoms with van der Waals surface area (Å²) in [7, 11) is 0. The highest BCUT2D eigenvalue weighted by atomic mass is 32.1. The summed E-state index contributed by atoms with van der Waals surface area (Å²) in [6.07, 6.45) is 1.79. The van der Waals surface area contributed by atoms with E-state index in [1.54, 1.807) is 13.1 Å². The number of nitrogens with zero attached hydrogens (tertiary/aromatic N) is 2. The van der Waals surface area contributed by atoms with Crippen LogP contribution in [0.4, 0.5) is 0 Å². The molecule has 0 unspecified atom stereocenters. The van der Waals surface area contributed by atoms with E-state index in [2.05, 4.69) is 40.1 Å². The zero-order chi connectivity index (χ0) is 9.94. The van der Waals surface area contributed by atoms with Gasteiger partial charge in [0.2, 0.25) is 5.96 Å². The Morgan fingerprint density at radius 3 is 2.92 bits per heavy atom. The van der Waals surface area contributed by atoms with Gasteiger partial charge in [0.05, 0.1) is 13.1 Å². The van der Waals surface area contributed by atoms with Crippen molar-refractivity contribution in [1.82, 2.24) is 10.6 Å². The van der Waals surface area contributed by atoms with Crippen molar-refractivity contribution in [2.24, 2.45) is 4.99 Å². The summed E-state index contributed by atoms with van der Waals surface area (Å²) in [4.78, 5) is 4.03. The van der Waals surface area contributed by atoms with Crippen molar-refractivity contribution in [3.8, 4) is 18.0 Å². The number of hydrogen-bond donors (Lipinski definition) is 3. The SMILES string of the molecule is CC#CCN/C(=N/CCS)NC#N. The Labute approximate surface area is 83.8 Å². The third-order valence-corrected chi connectivity index (χ3v) is 1.27. The molecule has 0 aromatic rings. The van der Waals surface area contributed by atoms with Gasteiger partial charge in [0, 0.05) is 5.75 Å². The van der Waals surface area contributed by atoms with E-state index in [-0.39, 0.29) is 0 Å². The van der Waals surface area contributed by atoms with Gasteiger partial charge in [0.15, 0.2) is 6.19 Å². The van der Waals surface area contributed by atoms with E-state index in [0.29, 0.717) is 24.8 Å². The monoisotopic (exact) mass is 196 g/mol. The predicted molar refractivity (Wildman–Crippen MR) is 56.4 cm³/mol. The molecule has 0 saturated heterocycles. The Hall–Kier alpha value is -1.33. The second kappa shape index (κ2) is 8.76. The molecule has 0 spiro atoms. The third-order valence-electron chi connectivity index (χ3n) is 1.07. The number of thiol groups is 1. The molecule has 2 N–H and O–H groups in total. The van der Waals surface area contributed by atoms with E-state index in [9.17, 15) is 0 Å². The van der Waals surface area contributed by atoms with Gasteiger partial charge >= 0.3 is 0 Å². The first-order valence-corrected chi connectivity index (χ1v) is 4.42. The highest BCUT2D eigenvalue weighted by Gasteiger charge is 1.92. The molecule has 0 rings (SSSR count). The Bertz CT molecular complexity index is 256. The van der Waals surface area contributed by atoms with Crippen LogP contribution in [0.15, 0.2) is 4.99 Å². The van der Waals surface area contributed by atoms with E-state index in [0.717, 1.165) is 0 Å². The van der Waals surface area contributed by atoms with Crippen molar-refractivity contribution in [3.05, 3.63) is 0 Å². The largest absolute Gasteiger partial charge is 0.345 e. The molecule has 0 aliphatic carbocycles. The molecule has 5 heteroatoms. The molecule has 70 valence electrons. The van der Waals surface area contributed by atoms with Gasteiger partial charge in [-0.15, -0.1) is 5.92 Å². The van der Waals surface area contributed by atoms with Crippen LogP contribution in [0.25, 0.3) is 0 Å². The number of nitriles is 1. The summed E-state index contributed by atoms with van der Waals surface area (Å²) in [5.41, 5.74) is 0. The van der Waals surface area contributed by atoms with E-state index >= 15 is 0 Å². The molecule has 0 radical (unpaired) electrons. The average Bonchev–Trinajstić information content (AvgIpc) is 2.14. The van der Waals surface area contributed by atoms with E-state index in [1.807, 2.05) is 0 Å². The molecule has 0 fully saturated rings. The highest BCUT2D eigenvalue weighted by Crippen LogP contribution is 1.76. The van der Waals surface area contributed by atoms with Crippen molar-refractivity contribution in [3.63, 3.8) is 0 Å². The van der Waals surface area contributed by atoms with Gasteiger partial charge in [-0.25, -0.2) is 0 Å². The van der Waals surface area contributed by atoms with Crippen LogP contribution in [0.1, 0.15) is 6.92 Å². The molecule has 0 atom stereocenters. The summed E-state index contributed by atoms with van der Waals surface area (Å²) in [6.45, 7) is 2.81. The molecule has 0 aliphatic heterocycles. The van der Waals surface area contributed by atoms with Gasteiger partial charge in [-0.1, -0.05) is 5.92 Å². The van der Waals surface area contributed by atoms with Gasteiger partial charge in [-0.3, -0.25) is 10.3 Å². The molecule has 0 bridgehead atoms. The van der Waals surface area contributed by atoms with E-state index < -0.39 is 0 Å². The minimum Gasteiger partial charge on any atom is -0.345 e. The zero-order valence-electron chi connectivity index (χ0n) is 7.46. The van der Waals surface area contributed by atoms with Crippen LogP contribution in [0.5, 0.6) is 0 Å². The molecule has 0 heterocycles. The third kappa shape index (κ3) is 7.04. The Morgan fingerprint density at radius 2 is 2.38 bits per heavy atom. The molecule has 0 aliphatic rings. The maximum Gasteiger partial charge on any atom is 0.205 e. The first kappa shape index (κ1) is 11.7. The van der Waals surface area contributed by atoms with Crippen molar-refractivity contribution >= 4 is 18.6 Å². The quantitative estimate of drug-likeness (QED) is 0.148. The maximum absolute atomic E-state index is 8.36. The number of guanidine groups is 1. The second-order valence-electron chi connectivity index (χ2n) is 1.97. The highest BCUT2D eigenvalue weighted by molar-refractivity contribution is 7.80. The molecule has 0 amide bonds. The summed E-state index contributed by atoms with van der Waals surface area (Å²) < 4.78 is 0. The fourth-order valence-corrected chi connectivity index (χ4v) is 0.671. The minimum absolute atomic E-state index is 0.444. The Morgan fingerprint density at radius 1 is 1.62 bits per heavy atom. The number of rotatable bonds is 3. The second-order valence-corrected chi connectivity index (χ2v) is 2.42. The van der Waals surface area contributed by atoms with Crippen LogP contribution in [0, 0.1) is 23.3 Å². The lowest BCUT2D eigenvalue weighted by Gasteiger charge is -2.03.